The highest BCUT2D eigenvalue weighted by atomic mass is 32.2. The molecule has 2 aromatic carbocycles. The molecule has 10 nitrogen and oxygen atoms in total. The molecule has 5 rings (SSSR count). The van der Waals surface area contributed by atoms with Gasteiger partial charge in [-0.1, -0.05) is 12.1 Å². The van der Waals surface area contributed by atoms with Crippen molar-refractivity contribution >= 4 is 21.6 Å². The van der Waals surface area contributed by atoms with Crippen molar-refractivity contribution in [3.63, 3.8) is 0 Å². The molecule has 3 saturated heterocycles. The van der Waals surface area contributed by atoms with Crippen LogP contribution in [0.4, 0.5) is 18.9 Å². The predicted octanol–water partition coefficient (Wildman–Crippen LogP) is 2.97. The lowest BCUT2D eigenvalue weighted by molar-refractivity contribution is -0.137. The van der Waals surface area contributed by atoms with Crippen LogP contribution in [0.3, 0.4) is 0 Å². The van der Waals surface area contributed by atoms with Crippen LogP contribution in [0.25, 0.3) is 0 Å². The second-order valence-corrected chi connectivity index (χ2v) is 13.8. The summed E-state index contributed by atoms with van der Waals surface area (Å²) < 4.78 is 65.0. The number of piperidine rings is 2. The molecule has 0 bridgehead atoms. The third kappa shape index (κ3) is 6.37. The van der Waals surface area contributed by atoms with E-state index >= 15 is 0 Å². The SMILES string of the molecule is CN(C)S(=O)(=O)c1ccc(NC2NN(C3(CC#N)CCN(Cc4ccc(C(F)(F)F)cc4)CC3)C3CCNC(=O)C23)cc1. The van der Waals surface area contributed by atoms with Gasteiger partial charge in [-0.2, -0.15) is 18.4 Å². The van der Waals surface area contributed by atoms with Crippen LogP contribution < -0.4 is 16.1 Å². The number of hydrogen-bond acceptors (Lipinski definition) is 8. The monoisotopic (exact) mass is 619 g/mol. The molecule has 3 fully saturated rings. The Morgan fingerprint density at radius 3 is 2.33 bits per heavy atom. The Labute approximate surface area is 249 Å². The number of likely N-dealkylation sites (tertiary alicyclic amines) is 1. The molecule has 43 heavy (non-hydrogen) atoms. The smallest absolute Gasteiger partial charge is 0.368 e. The molecule has 0 aromatic heterocycles. The van der Waals surface area contributed by atoms with Gasteiger partial charge in [0.1, 0.15) is 6.17 Å². The number of hydrazine groups is 1. The summed E-state index contributed by atoms with van der Waals surface area (Å²) in [5, 5.41) is 18.3. The van der Waals surface area contributed by atoms with Gasteiger partial charge in [-0.05, 0) is 61.2 Å². The fraction of sp³-hybridized carbons (Fsp3) is 0.517. The van der Waals surface area contributed by atoms with Crippen molar-refractivity contribution in [3.05, 3.63) is 59.7 Å². The quantitative estimate of drug-likeness (QED) is 0.413. The minimum Gasteiger partial charge on any atom is -0.368 e. The number of sulfonamides is 1. The van der Waals surface area contributed by atoms with E-state index in [9.17, 15) is 31.6 Å². The fourth-order valence-electron chi connectivity index (χ4n) is 6.36. The number of amides is 1. The first-order valence-corrected chi connectivity index (χ1v) is 15.7. The molecule has 3 atom stereocenters. The van der Waals surface area contributed by atoms with E-state index in [1.165, 1.54) is 38.4 Å². The van der Waals surface area contributed by atoms with Gasteiger partial charge in [0.05, 0.1) is 34.4 Å². The molecule has 3 aliphatic rings. The first-order valence-electron chi connectivity index (χ1n) is 14.2. The van der Waals surface area contributed by atoms with Gasteiger partial charge in [0.15, 0.2) is 0 Å². The van der Waals surface area contributed by atoms with E-state index < -0.39 is 39.4 Å². The van der Waals surface area contributed by atoms with Gasteiger partial charge in [0, 0.05) is 52.0 Å². The maximum atomic E-state index is 13.1. The van der Waals surface area contributed by atoms with Crippen molar-refractivity contribution in [2.75, 3.05) is 39.0 Å². The van der Waals surface area contributed by atoms with Crippen LogP contribution in [0.5, 0.6) is 0 Å². The molecule has 0 spiro atoms. The summed E-state index contributed by atoms with van der Waals surface area (Å²) >= 11 is 0. The first-order chi connectivity index (χ1) is 20.3. The average molecular weight is 620 g/mol. The van der Waals surface area contributed by atoms with Gasteiger partial charge >= 0.3 is 6.18 Å². The molecular weight excluding hydrogens is 583 g/mol. The van der Waals surface area contributed by atoms with E-state index in [1.807, 2.05) is 0 Å². The summed E-state index contributed by atoms with van der Waals surface area (Å²) in [4.78, 5) is 15.5. The van der Waals surface area contributed by atoms with Crippen LogP contribution in [0.1, 0.15) is 36.8 Å². The zero-order valence-electron chi connectivity index (χ0n) is 24.1. The maximum absolute atomic E-state index is 13.1. The molecule has 232 valence electrons. The van der Waals surface area contributed by atoms with Crippen LogP contribution in [-0.4, -0.2) is 80.0 Å². The topological polar surface area (TPSA) is 121 Å². The fourth-order valence-corrected chi connectivity index (χ4v) is 7.27. The van der Waals surface area contributed by atoms with E-state index in [0.717, 1.165) is 22.0 Å². The molecule has 3 N–H and O–H groups in total. The highest BCUT2D eigenvalue weighted by Gasteiger charge is 2.54. The van der Waals surface area contributed by atoms with Crippen LogP contribution in [0, 0.1) is 17.2 Å². The lowest BCUT2D eigenvalue weighted by Crippen LogP contribution is -2.62. The molecule has 3 unspecified atom stereocenters. The van der Waals surface area contributed by atoms with Crippen LogP contribution >= 0.6 is 0 Å². The molecule has 3 heterocycles. The molecule has 14 heteroatoms. The summed E-state index contributed by atoms with van der Waals surface area (Å²) in [5.41, 5.74) is 3.74. The number of nitrogens with zero attached hydrogens (tertiary/aromatic N) is 4. The summed E-state index contributed by atoms with van der Waals surface area (Å²) in [6.45, 7) is 2.31. The van der Waals surface area contributed by atoms with E-state index in [1.54, 1.807) is 12.1 Å². The minimum atomic E-state index is -4.37. The second-order valence-electron chi connectivity index (χ2n) is 11.6. The number of anilines is 1. The molecule has 3 aliphatic heterocycles. The number of halogens is 3. The highest BCUT2D eigenvalue weighted by Crippen LogP contribution is 2.40. The standard InChI is InChI=1S/C29H36F3N7O3S/c1-37(2)43(41,42)23-9-7-22(8-10-23)35-26-25-24(11-16-34-27(25)40)39(36-26)28(12-15-33)13-17-38(18-14-28)19-20-3-5-21(6-4-20)29(30,31)32/h3-10,24-26,35-36H,11-14,16-19H2,1-2H3,(H,34,40). The van der Waals surface area contributed by atoms with Crippen molar-refractivity contribution < 1.29 is 26.4 Å². The van der Waals surface area contributed by atoms with Crippen molar-refractivity contribution in [2.24, 2.45) is 5.92 Å². The third-order valence-electron chi connectivity index (χ3n) is 8.77. The van der Waals surface area contributed by atoms with E-state index in [4.69, 9.17) is 0 Å². The number of nitriles is 1. The van der Waals surface area contributed by atoms with Crippen LogP contribution in [0.2, 0.25) is 0 Å². The summed E-state index contributed by atoms with van der Waals surface area (Å²) in [6.07, 6.45) is -2.62. The van der Waals surface area contributed by atoms with E-state index in [0.29, 0.717) is 51.1 Å². The number of hydrogen-bond donors (Lipinski definition) is 3. The Balaban J connectivity index is 1.31. The Morgan fingerprint density at radius 1 is 1.09 bits per heavy atom. The van der Waals surface area contributed by atoms with Gasteiger partial charge < -0.3 is 10.6 Å². The van der Waals surface area contributed by atoms with Crippen molar-refractivity contribution in [1.82, 2.24) is 25.0 Å². The van der Waals surface area contributed by atoms with Crippen molar-refractivity contribution in [1.29, 1.82) is 5.26 Å². The molecular formula is C29H36F3N7O3S. The number of rotatable bonds is 8. The second kappa shape index (κ2) is 12.0. The summed E-state index contributed by atoms with van der Waals surface area (Å²) in [6, 6.07) is 13.8. The summed E-state index contributed by atoms with van der Waals surface area (Å²) in [7, 11) is -0.643. The lowest BCUT2D eigenvalue weighted by Gasteiger charge is -2.49. The van der Waals surface area contributed by atoms with Crippen LogP contribution in [0.15, 0.2) is 53.4 Å². The van der Waals surface area contributed by atoms with Crippen molar-refractivity contribution in [2.45, 2.75) is 61.0 Å². The zero-order valence-corrected chi connectivity index (χ0v) is 24.9. The Hall–Kier alpha value is -3.22. The number of fused-ring (bicyclic) bond motifs is 1. The van der Waals surface area contributed by atoms with Crippen LogP contribution in [-0.2, 0) is 27.5 Å². The van der Waals surface area contributed by atoms with Gasteiger partial charge in [-0.3, -0.25) is 9.69 Å². The Bertz CT molecular complexity index is 1450. The molecule has 1 amide bonds. The lowest BCUT2D eigenvalue weighted by atomic mass is 9.81. The van der Waals surface area contributed by atoms with Gasteiger partial charge in [-0.25, -0.2) is 23.2 Å². The van der Waals surface area contributed by atoms with Gasteiger partial charge in [-0.15, -0.1) is 0 Å². The Kier molecular flexibility index (Phi) is 8.75. The number of nitrogens with one attached hydrogen (secondary N) is 3. The van der Waals surface area contributed by atoms with E-state index in [2.05, 4.69) is 32.0 Å². The maximum Gasteiger partial charge on any atom is 0.416 e. The Morgan fingerprint density at radius 2 is 1.74 bits per heavy atom. The third-order valence-corrected chi connectivity index (χ3v) is 10.6. The highest BCUT2D eigenvalue weighted by molar-refractivity contribution is 7.89. The predicted molar refractivity (Wildman–Crippen MR) is 154 cm³/mol. The number of carbonyl (C=O) groups excluding carboxylic acids is 1. The minimum absolute atomic E-state index is 0.0950. The normalized spacial score (nSPS) is 24.8. The summed E-state index contributed by atoms with van der Waals surface area (Å²) in [5.74, 6) is -0.540. The molecule has 0 radical (unpaired) electrons. The number of carbonyl (C=O) groups is 1. The van der Waals surface area contributed by atoms with Gasteiger partial charge in [0.2, 0.25) is 15.9 Å². The van der Waals surface area contributed by atoms with E-state index in [-0.39, 0.29) is 23.3 Å². The molecule has 0 aliphatic carbocycles. The average Bonchev–Trinajstić information content (AvgIpc) is 3.34. The largest absolute Gasteiger partial charge is 0.416 e. The molecule has 0 saturated carbocycles. The van der Waals surface area contributed by atoms with Crippen molar-refractivity contribution in [3.8, 4) is 6.07 Å². The molecule has 2 aromatic rings. The number of alkyl halides is 3. The van der Waals surface area contributed by atoms with Gasteiger partial charge in [0.25, 0.3) is 0 Å². The zero-order chi connectivity index (χ0) is 31.0. The first kappa shape index (κ1) is 31.2. The number of benzene rings is 2.